The first-order chi connectivity index (χ1) is 5.13. The molecule has 0 saturated heterocycles. The summed E-state index contributed by atoms with van der Waals surface area (Å²) in [4.78, 5) is 3.74. The van der Waals surface area contributed by atoms with Crippen molar-refractivity contribution in [3.05, 3.63) is 24.2 Å². The van der Waals surface area contributed by atoms with Gasteiger partial charge in [-0.1, -0.05) is 13.5 Å². The van der Waals surface area contributed by atoms with Crippen LogP contribution in [0.15, 0.2) is 29.2 Å². The Bertz CT molecular complexity index is 202. The molecule has 0 N–H and O–H groups in total. The normalized spacial score (nSPS) is 14.4. The molecule has 62 valence electrons. The lowest BCUT2D eigenvalue weighted by atomic mass is 10.2. The van der Waals surface area contributed by atoms with E-state index in [1.807, 2.05) is 6.92 Å². The summed E-state index contributed by atoms with van der Waals surface area (Å²) in [7, 11) is 0. The fourth-order valence-corrected chi connectivity index (χ4v) is 0.658. The fourth-order valence-electron chi connectivity index (χ4n) is 0.658. The monoisotopic (exact) mass is 155 g/mol. The molecular weight excluding hydrogens is 141 g/mol. The molecule has 0 heterocycles. The first-order valence-corrected chi connectivity index (χ1v) is 3.64. The summed E-state index contributed by atoms with van der Waals surface area (Å²) in [6.07, 6.45) is 2.06. The topological polar surface area (TPSA) is 12.4 Å². The molecule has 0 spiro atoms. The highest BCUT2D eigenvalue weighted by Gasteiger charge is 2.01. The van der Waals surface area contributed by atoms with Gasteiger partial charge in [0.15, 0.2) is 0 Å². The van der Waals surface area contributed by atoms with Crippen LogP contribution in [0, 0.1) is 0 Å². The molecule has 0 saturated carbocycles. The summed E-state index contributed by atoms with van der Waals surface area (Å²) in [5.74, 6) is -0.215. The van der Waals surface area contributed by atoms with Gasteiger partial charge in [-0.25, -0.2) is 4.39 Å². The fraction of sp³-hybridized carbons (Fsp3) is 0.444. The predicted octanol–water partition coefficient (Wildman–Crippen LogP) is 3.24. The molecule has 0 radical (unpaired) electrons. The van der Waals surface area contributed by atoms with Crippen LogP contribution in [0.1, 0.15) is 27.2 Å². The molecule has 0 aliphatic heterocycles. The Hall–Kier alpha value is -0.920. The van der Waals surface area contributed by atoms with Crippen LogP contribution in [-0.2, 0) is 0 Å². The van der Waals surface area contributed by atoms with Gasteiger partial charge in [-0.3, -0.25) is 4.99 Å². The molecule has 0 rings (SSSR count). The number of hydrogen-bond donors (Lipinski definition) is 0. The van der Waals surface area contributed by atoms with Crippen molar-refractivity contribution in [2.75, 3.05) is 0 Å². The van der Waals surface area contributed by atoms with Gasteiger partial charge in [0, 0.05) is 6.20 Å². The van der Waals surface area contributed by atoms with E-state index in [2.05, 4.69) is 11.6 Å². The van der Waals surface area contributed by atoms with E-state index < -0.39 is 0 Å². The second-order valence-electron chi connectivity index (χ2n) is 2.34. The SMILES string of the molecule is C=C/N=C(C)\C(F)=C(\C)CC. The Morgan fingerprint density at radius 3 is 2.45 bits per heavy atom. The van der Waals surface area contributed by atoms with Gasteiger partial charge in [-0.15, -0.1) is 0 Å². The zero-order chi connectivity index (χ0) is 8.85. The van der Waals surface area contributed by atoms with Crippen LogP contribution >= 0.6 is 0 Å². The first-order valence-electron chi connectivity index (χ1n) is 3.64. The molecular formula is C9H14FN. The van der Waals surface area contributed by atoms with Gasteiger partial charge in [0.2, 0.25) is 0 Å². The highest BCUT2D eigenvalue weighted by atomic mass is 19.1. The summed E-state index contributed by atoms with van der Waals surface area (Å²) in [5.41, 5.74) is 1.13. The molecule has 0 bridgehead atoms. The molecule has 0 amide bonds. The third-order valence-electron chi connectivity index (χ3n) is 1.51. The largest absolute Gasteiger partial charge is 0.259 e. The van der Waals surface area contributed by atoms with E-state index in [0.29, 0.717) is 5.71 Å². The van der Waals surface area contributed by atoms with Crippen molar-refractivity contribution in [1.82, 2.24) is 0 Å². The average molecular weight is 155 g/mol. The molecule has 1 nitrogen and oxygen atoms in total. The van der Waals surface area contributed by atoms with Crippen LogP contribution in [-0.4, -0.2) is 5.71 Å². The Kier molecular flexibility index (Phi) is 4.42. The van der Waals surface area contributed by atoms with Gasteiger partial charge >= 0.3 is 0 Å². The van der Waals surface area contributed by atoms with Crippen molar-refractivity contribution in [3.63, 3.8) is 0 Å². The van der Waals surface area contributed by atoms with Crippen molar-refractivity contribution in [2.45, 2.75) is 27.2 Å². The lowest BCUT2D eigenvalue weighted by molar-refractivity contribution is 0.661. The predicted molar refractivity (Wildman–Crippen MR) is 47.4 cm³/mol. The Morgan fingerprint density at radius 2 is 2.09 bits per heavy atom. The number of nitrogens with zero attached hydrogens (tertiary/aromatic N) is 1. The number of rotatable bonds is 3. The van der Waals surface area contributed by atoms with Gasteiger partial charge in [-0.2, -0.15) is 0 Å². The van der Waals surface area contributed by atoms with Crippen LogP contribution < -0.4 is 0 Å². The van der Waals surface area contributed by atoms with Crippen LogP contribution in [0.4, 0.5) is 4.39 Å². The van der Waals surface area contributed by atoms with Gasteiger partial charge in [-0.05, 0) is 25.8 Å². The Labute approximate surface area is 67.3 Å². The third kappa shape index (κ3) is 3.12. The molecule has 0 aromatic carbocycles. The van der Waals surface area contributed by atoms with Gasteiger partial charge < -0.3 is 0 Å². The Morgan fingerprint density at radius 1 is 1.55 bits per heavy atom. The van der Waals surface area contributed by atoms with E-state index >= 15 is 0 Å². The zero-order valence-electron chi connectivity index (χ0n) is 7.32. The summed E-state index contributed by atoms with van der Waals surface area (Å²) in [5, 5.41) is 0. The average Bonchev–Trinajstić information content (AvgIpc) is 2.02. The maximum Gasteiger partial charge on any atom is 0.143 e. The number of hydrogen-bond acceptors (Lipinski definition) is 1. The third-order valence-corrected chi connectivity index (χ3v) is 1.51. The van der Waals surface area contributed by atoms with E-state index in [1.54, 1.807) is 13.8 Å². The van der Waals surface area contributed by atoms with Crippen molar-refractivity contribution >= 4 is 5.71 Å². The highest BCUT2D eigenvalue weighted by Crippen LogP contribution is 2.10. The van der Waals surface area contributed by atoms with Crippen LogP contribution in [0.25, 0.3) is 0 Å². The minimum atomic E-state index is -0.215. The van der Waals surface area contributed by atoms with E-state index in [0.717, 1.165) is 12.0 Å². The van der Waals surface area contributed by atoms with Gasteiger partial charge in [0.25, 0.3) is 0 Å². The number of allylic oxidation sites excluding steroid dienone is 2. The first kappa shape index (κ1) is 10.1. The Balaban J connectivity index is 4.58. The molecule has 0 fully saturated rings. The number of aliphatic imine (C=N–C) groups is 1. The molecule has 11 heavy (non-hydrogen) atoms. The van der Waals surface area contributed by atoms with Crippen LogP contribution in [0.2, 0.25) is 0 Å². The van der Waals surface area contributed by atoms with E-state index in [4.69, 9.17) is 0 Å². The zero-order valence-corrected chi connectivity index (χ0v) is 7.32. The molecule has 0 aromatic rings. The molecule has 2 heteroatoms. The van der Waals surface area contributed by atoms with E-state index in [1.165, 1.54) is 6.20 Å². The lowest BCUT2D eigenvalue weighted by Gasteiger charge is -1.99. The maximum atomic E-state index is 13.1. The summed E-state index contributed by atoms with van der Waals surface area (Å²) >= 11 is 0. The highest BCUT2D eigenvalue weighted by molar-refractivity contribution is 5.97. The molecule has 0 unspecified atom stereocenters. The summed E-state index contributed by atoms with van der Waals surface area (Å²) < 4.78 is 13.1. The molecule has 0 atom stereocenters. The minimum Gasteiger partial charge on any atom is -0.259 e. The van der Waals surface area contributed by atoms with Crippen molar-refractivity contribution in [2.24, 2.45) is 4.99 Å². The minimum absolute atomic E-state index is 0.215. The van der Waals surface area contributed by atoms with Crippen molar-refractivity contribution < 1.29 is 4.39 Å². The van der Waals surface area contributed by atoms with E-state index in [9.17, 15) is 4.39 Å². The van der Waals surface area contributed by atoms with Crippen LogP contribution in [0.5, 0.6) is 0 Å². The quantitative estimate of drug-likeness (QED) is 0.555. The van der Waals surface area contributed by atoms with Crippen molar-refractivity contribution in [1.29, 1.82) is 0 Å². The molecule has 0 aliphatic carbocycles. The smallest absolute Gasteiger partial charge is 0.143 e. The second kappa shape index (κ2) is 4.83. The van der Waals surface area contributed by atoms with E-state index in [-0.39, 0.29) is 5.83 Å². The summed E-state index contributed by atoms with van der Waals surface area (Å²) in [6, 6.07) is 0. The van der Waals surface area contributed by atoms with Crippen molar-refractivity contribution in [3.8, 4) is 0 Å². The maximum absolute atomic E-state index is 13.1. The standard InChI is InChI=1S/C9H14FN/c1-5-7(3)9(10)8(4)11-6-2/h6H,2,5H2,1,3-4H3/b9-7+,11-8-. The summed E-state index contributed by atoms with van der Waals surface area (Å²) in [6.45, 7) is 8.70. The second-order valence-corrected chi connectivity index (χ2v) is 2.34. The molecule has 0 aliphatic rings. The molecule has 0 aromatic heterocycles. The van der Waals surface area contributed by atoms with Crippen LogP contribution in [0.3, 0.4) is 0 Å². The van der Waals surface area contributed by atoms with Gasteiger partial charge in [0.05, 0.1) is 5.71 Å². The van der Waals surface area contributed by atoms with Gasteiger partial charge in [0.1, 0.15) is 5.83 Å². The lowest BCUT2D eigenvalue weighted by Crippen LogP contribution is -1.94. The number of halogens is 1.